The minimum absolute atomic E-state index is 0.166. The summed E-state index contributed by atoms with van der Waals surface area (Å²) in [5.41, 5.74) is 2.14. The first-order valence-electron chi connectivity index (χ1n) is 7.45. The molecule has 106 valence electrons. The minimum Gasteiger partial charge on any atom is -0.353 e. The van der Waals surface area contributed by atoms with Gasteiger partial charge in [0, 0.05) is 24.7 Å². The zero-order chi connectivity index (χ0) is 13.7. The average Bonchev–Trinajstić information content (AvgIpc) is 2.56. The first kappa shape index (κ1) is 14.1. The van der Waals surface area contributed by atoms with Gasteiger partial charge in [0.15, 0.2) is 0 Å². The molecule has 4 heteroatoms. The molecular weight excluding hydrogens is 238 g/mol. The maximum absolute atomic E-state index is 12.0. The Morgan fingerprint density at radius 2 is 2.00 bits per heavy atom. The molecule has 1 aromatic heterocycles. The zero-order valence-electron chi connectivity index (χ0n) is 12.1. The summed E-state index contributed by atoms with van der Waals surface area (Å²) in [4.78, 5) is 12.0. The van der Waals surface area contributed by atoms with Crippen LogP contribution in [-0.2, 0) is 11.3 Å². The van der Waals surface area contributed by atoms with E-state index in [9.17, 15) is 4.79 Å². The van der Waals surface area contributed by atoms with Crippen molar-refractivity contribution in [1.29, 1.82) is 0 Å². The predicted octanol–water partition coefficient (Wildman–Crippen LogP) is 2.73. The smallest absolute Gasteiger partial charge is 0.222 e. The molecule has 2 rings (SSSR count). The van der Waals surface area contributed by atoms with Crippen LogP contribution in [-0.4, -0.2) is 21.7 Å². The number of amides is 1. The Kier molecular flexibility index (Phi) is 5.00. The Morgan fingerprint density at radius 3 is 2.58 bits per heavy atom. The Hall–Kier alpha value is -1.32. The fourth-order valence-electron chi connectivity index (χ4n) is 2.83. The maximum atomic E-state index is 12.0. The number of hydrogen-bond acceptors (Lipinski definition) is 2. The summed E-state index contributed by atoms with van der Waals surface area (Å²) in [7, 11) is 0. The predicted molar refractivity (Wildman–Crippen MR) is 76.0 cm³/mol. The van der Waals surface area contributed by atoms with Crippen LogP contribution < -0.4 is 5.32 Å². The van der Waals surface area contributed by atoms with Crippen molar-refractivity contribution in [2.24, 2.45) is 0 Å². The zero-order valence-corrected chi connectivity index (χ0v) is 12.1. The van der Waals surface area contributed by atoms with Crippen LogP contribution >= 0.6 is 0 Å². The Morgan fingerprint density at radius 1 is 1.32 bits per heavy atom. The van der Waals surface area contributed by atoms with Gasteiger partial charge in [-0.3, -0.25) is 9.48 Å². The van der Waals surface area contributed by atoms with Crippen molar-refractivity contribution in [3.63, 3.8) is 0 Å². The molecule has 0 radical (unpaired) electrons. The summed E-state index contributed by atoms with van der Waals surface area (Å²) in [5, 5.41) is 7.56. The molecule has 0 aromatic carbocycles. The molecule has 1 aliphatic rings. The first-order chi connectivity index (χ1) is 9.15. The lowest BCUT2D eigenvalue weighted by Gasteiger charge is -2.16. The van der Waals surface area contributed by atoms with Crippen LogP contribution in [0.4, 0.5) is 0 Å². The lowest BCUT2D eigenvalue weighted by Crippen LogP contribution is -2.34. The molecule has 1 fully saturated rings. The second-order valence-electron chi connectivity index (χ2n) is 5.66. The van der Waals surface area contributed by atoms with Crippen LogP contribution in [0.1, 0.15) is 56.3 Å². The van der Waals surface area contributed by atoms with E-state index in [1.54, 1.807) is 0 Å². The van der Waals surface area contributed by atoms with Gasteiger partial charge < -0.3 is 5.32 Å². The molecule has 0 bridgehead atoms. The van der Waals surface area contributed by atoms with E-state index >= 15 is 0 Å². The van der Waals surface area contributed by atoms with Gasteiger partial charge >= 0.3 is 0 Å². The highest BCUT2D eigenvalue weighted by molar-refractivity contribution is 5.76. The van der Waals surface area contributed by atoms with E-state index in [2.05, 4.69) is 10.4 Å². The van der Waals surface area contributed by atoms with E-state index in [1.165, 1.54) is 25.7 Å². The Bertz CT molecular complexity index is 417. The van der Waals surface area contributed by atoms with Gasteiger partial charge in [0.25, 0.3) is 0 Å². The third kappa shape index (κ3) is 4.37. The van der Waals surface area contributed by atoms with Crippen LogP contribution in [0.15, 0.2) is 6.07 Å². The summed E-state index contributed by atoms with van der Waals surface area (Å²) >= 11 is 0. The summed E-state index contributed by atoms with van der Waals surface area (Å²) in [5.74, 6) is 0.166. The summed E-state index contributed by atoms with van der Waals surface area (Å²) in [6.07, 6.45) is 7.96. The number of carbonyl (C=O) groups is 1. The molecule has 1 N–H and O–H groups in total. The molecule has 0 aliphatic heterocycles. The topological polar surface area (TPSA) is 46.9 Å². The van der Waals surface area contributed by atoms with Crippen molar-refractivity contribution in [3.8, 4) is 0 Å². The molecule has 4 nitrogen and oxygen atoms in total. The van der Waals surface area contributed by atoms with E-state index in [4.69, 9.17) is 0 Å². The van der Waals surface area contributed by atoms with Gasteiger partial charge in [-0.15, -0.1) is 0 Å². The van der Waals surface area contributed by atoms with Gasteiger partial charge in [-0.2, -0.15) is 5.10 Å². The standard InChI is InChI=1S/C15H25N3O/c1-12-11-13(2)18(17-12)10-9-15(19)16-14-7-5-3-4-6-8-14/h11,14H,3-10H2,1-2H3,(H,16,19). The van der Waals surface area contributed by atoms with Crippen molar-refractivity contribution in [2.45, 2.75) is 71.4 Å². The lowest BCUT2D eigenvalue weighted by atomic mass is 10.1. The normalized spacial score (nSPS) is 17.2. The Labute approximate surface area is 115 Å². The molecule has 1 saturated carbocycles. The first-order valence-corrected chi connectivity index (χ1v) is 7.45. The van der Waals surface area contributed by atoms with Crippen molar-refractivity contribution < 1.29 is 4.79 Å². The third-order valence-corrected chi connectivity index (χ3v) is 3.87. The van der Waals surface area contributed by atoms with E-state index in [0.29, 0.717) is 19.0 Å². The molecule has 0 atom stereocenters. The van der Waals surface area contributed by atoms with Gasteiger partial charge in [0.1, 0.15) is 0 Å². The van der Waals surface area contributed by atoms with Crippen molar-refractivity contribution in [3.05, 3.63) is 17.5 Å². The number of aromatic nitrogens is 2. The van der Waals surface area contributed by atoms with Crippen LogP contribution in [0.5, 0.6) is 0 Å². The highest BCUT2D eigenvalue weighted by Crippen LogP contribution is 2.17. The quantitative estimate of drug-likeness (QED) is 0.849. The highest BCUT2D eigenvalue weighted by atomic mass is 16.1. The van der Waals surface area contributed by atoms with Crippen LogP contribution in [0.2, 0.25) is 0 Å². The molecule has 0 saturated heterocycles. The van der Waals surface area contributed by atoms with Gasteiger partial charge in [-0.25, -0.2) is 0 Å². The molecular formula is C15H25N3O. The number of nitrogens with zero attached hydrogens (tertiary/aromatic N) is 2. The van der Waals surface area contributed by atoms with E-state index in [0.717, 1.165) is 24.2 Å². The van der Waals surface area contributed by atoms with Crippen LogP contribution in [0, 0.1) is 13.8 Å². The number of nitrogens with one attached hydrogen (secondary N) is 1. The highest BCUT2D eigenvalue weighted by Gasteiger charge is 2.14. The van der Waals surface area contributed by atoms with Crippen molar-refractivity contribution >= 4 is 5.91 Å². The lowest BCUT2D eigenvalue weighted by molar-refractivity contribution is -0.122. The summed E-state index contributed by atoms with van der Waals surface area (Å²) < 4.78 is 1.92. The third-order valence-electron chi connectivity index (χ3n) is 3.87. The number of rotatable bonds is 4. The molecule has 1 heterocycles. The molecule has 1 aliphatic carbocycles. The SMILES string of the molecule is Cc1cc(C)n(CCC(=O)NC2CCCCCC2)n1. The monoisotopic (exact) mass is 263 g/mol. The van der Waals surface area contributed by atoms with Gasteiger partial charge in [-0.1, -0.05) is 25.7 Å². The van der Waals surface area contributed by atoms with Crippen LogP contribution in [0.3, 0.4) is 0 Å². The molecule has 0 spiro atoms. The fraction of sp³-hybridized carbons (Fsp3) is 0.733. The largest absolute Gasteiger partial charge is 0.353 e. The van der Waals surface area contributed by atoms with Crippen molar-refractivity contribution in [1.82, 2.24) is 15.1 Å². The summed E-state index contributed by atoms with van der Waals surface area (Å²) in [6, 6.07) is 2.44. The maximum Gasteiger partial charge on any atom is 0.222 e. The van der Waals surface area contributed by atoms with Crippen molar-refractivity contribution in [2.75, 3.05) is 0 Å². The minimum atomic E-state index is 0.166. The second kappa shape index (κ2) is 6.73. The Balaban J connectivity index is 1.76. The molecule has 1 aromatic rings. The van der Waals surface area contributed by atoms with E-state index in [1.807, 2.05) is 24.6 Å². The van der Waals surface area contributed by atoms with Crippen LogP contribution in [0.25, 0.3) is 0 Å². The van der Waals surface area contributed by atoms with Gasteiger partial charge in [0.2, 0.25) is 5.91 Å². The summed E-state index contributed by atoms with van der Waals surface area (Å²) in [6.45, 7) is 4.69. The second-order valence-corrected chi connectivity index (χ2v) is 5.66. The van der Waals surface area contributed by atoms with E-state index in [-0.39, 0.29) is 5.91 Å². The molecule has 0 unspecified atom stereocenters. The molecule has 1 amide bonds. The number of aryl methyl sites for hydroxylation is 3. The number of hydrogen-bond donors (Lipinski definition) is 1. The number of carbonyl (C=O) groups excluding carboxylic acids is 1. The molecule has 19 heavy (non-hydrogen) atoms. The fourth-order valence-corrected chi connectivity index (χ4v) is 2.83. The van der Waals surface area contributed by atoms with Gasteiger partial charge in [0.05, 0.1) is 5.69 Å². The van der Waals surface area contributed by atoms with E-state index < -0.39 is 0 Å². The van der Waals surface area contributed by atoms with Gasteiger partial charge in [-0.05, 0) is 32.8 Å². The average molecular weight is 263 g/mol.